The normalized spacial score (nSPS) is 13.3. The van der Waals surface area contributed by atoms with Crippen LogP contribution < -0.4 is 4.90 Å². The van der Waals surface area contributed by atoms with Gasteiger partial charge in [-0.05, 0) is 30.2 Å². The Morgan fingerprint density at radius 3 is 2.72 bits per heavy atom. The molecule has 0 bridgehead atoms. The van der Waals surface area contributed by atoms with Gasteiger partial charge in [0.05, 0.1) is 12.1 Å². The van der Waals surface area contributed by atoms with Crippen molar-refractivity contribution in [1.29, 1.82) is 0 Å². The summed E-state index contributed by atoms with van der Waals surface area (Å²) in [6, 6.07) is 5.06. The first-order valence-electron chi connectivity index (χ1n) is 5.80. The molecule has 5 nitrogen and oxygen atoms in total. The maximum Gasteiger partial charge on any atom is 0.335 e. The molecule has 1 amide bonds. The van der Waals surface area contributed by atoms with E-state index in [2.05, 4.69) is 0 Å². The number of hydrogen-bond donors (Lipinski definition) is 1. The molecular weight excluding hydrogens is 232 g/mol. The van der Waals surface area contributed by atoms with Gasteiger partial charge in [-0.15, -0.1) is 0 Å². The van der Waals surface area contributed by atoms with Crippen molar-refractivity contribution in [3.63, 3.8) is 0 Å². The van der Waals surface area contributed by atoms with E-state index in [4.69, 9.17) is 5.11 Å². The van der Waals surface area contributed by atoms with Crippen molar-refractivity contribution in [2.24, 2.45) is 0 Å². The van der Waals surface area contributed by atoms with Gasteiger partial charge in [0.1, 0.15) is 0 Å². The third kappa shape index (κ3) is 2.30. The highest BCUT2D eigenvalue weighted by Gasteiger charge is 2.22. The van der Waals surface area contributed by atoms with E-state index in [0.29, 0.717) is 12.1 Å². The van der Waals surface area contributed by atoms with Crippen LogP contribution in [0.15, 0.2) is 18.2 Å². The van der Waals surface area contributed by atoms with Crippen LogP contribution in [-0.4, -0.2) is 49.1 Å². The minimum absolute atomic E-state index is 0.0464. The number of rotatable bonds is 3. The first kappa shape index (κ1) is 12.4. The summed E-state index contributed by atoms with van der Waals surface area (Å²) >= 11 is 0. The summed E-state index contributed by atoms with van der Waals surface area (Å²) in [5.74, 6) is -0.870. The number of aromatic carboxylic acids is 1. The zero-order chi connectivity index (χ0) is 13.3. The second kappa shape index (κ2) is 4.68. The zero-order valence-corrected chi connectivity index (χ0v) is 10.5. The van der Waals surface area contributed by atoms with Gasteiger partial charge in [-0.3, -0.25) is 4.79 Å². The Morgan fingerprint density at radius 1 is 1.39 bits per heavy atom. The molecule has 0 saturated carbocycles. The molecule has 0 saturated heterocycles. The van der Waals surface area contributed by atoms with Crippen LogP contribution in [0.2, 0.25) is 0 Å². The van der Waals surface area contributed by atoms with Crippen LogP contribution in [0.25, 0.3) is 0 Å². The van der Waals surface area contributed by atoms with Crippen LogP contribution in [0.5, 0.6) is 0 Å². The lowest BCUT2D eigenvalue weighted by Gasteiger charge is -2.21. The fraction of sp³-hybridized carbons (Fsp3) is 0.385. The van der Waals surface area contributed by atoms with E-state index in [-0.39, 0.29) is 5.91 Å². The number of hydrogen-bond acceptors (Lipinski definition) is 3. The van der Waals surface area contributed by atoms with Gasteiger partial charge in [-0.2, -0.15) is 0 Å². The van der Waals surface area contributed by atoms with Gasteiger partial charge in [0.2, 0.25) is 5.91 Å². The number of amides is 1. The van der Waals surface area contributed by atoms with E-state index in [1.807, 2.05) is 4.90 Å². The first-order valence-corrected chi connectivity index (χ1v) is 5.80. The quantitative estimate of drug-likeness (QED) is 0.861. The molecule has 1 N–H and O–H groups in total. The zero-order valence-electron chi connectivity index (χ0n) is 10.5. The maximum atomic E-state index is 11.7. The first-order chi connectivity index (χ1) is 8.49. The van der Waals surface area contributed by atoms with Crippen molar-refractivity contribution in [2.75, 3.05) is 32.1 Å². The maximum absolute atomic E-state index is 11.7. The Labute approximate surface area is 106 Å². The summed E-state index contributed by atoms with van der Waals surface area (Å²) in [5, 5.41) is 8.93. The van der Waals surface area contributed by atoms with Crippen molar-refractivity contribution >= 4 is 17.6 Å². The third-order valence-electron chi connectivity index (χ3n) is 3.14. The number of fused-ring (bicyclic) bond motifs is 1. The largest absolute Gasteiger partial charge is 0.478 e. The molecular formula is C13H16N2O3. The van der Waals surface area contributed by atoms with Crippen molar-refractivity contribution < 1.29 is 14.7 Å². The minimum Gasteiger partial charge on any atom is -0.478 e. The molecule has 1 aliphatic rings. The number of nitrogens with zero attached hydrogens (tertiary/aromatic N) is 2. The number of likely N-dealkylation sites (N-methyl/N-ethyl adjacent to an activating group) is 1. The average Bonchev–Trinajstić information content (AvgIpc) is 2.71. The number of carbonyl (C=O) groups excluding carboxylic acids is 1. The fourth-order valence-electron chi connectivity index (χ4n) is 2.07. The predicted octanol–water partition coefficient (Wildman–Crippen LogP) is 0.835. The molecule has 96 valence electrons. The summed E-state index contributed by atoms with van der Waals surface area (Å²) in [7, 11) is 3.46. The molecule has 0 fully saturated rings. The molecule has 0 atom stereocenters. The van der Waals surface area contributed by atoms with Crippen molar-refractivity contribution in [3.8, 4) is 0 Å². The molecule has 1 aromatic carbocycles. The van der Waals surface area contributed by atoms with Gasteiger partial charge in [0, 0.05) is 26.3 Å². The number of carboxylic acid groups (broad SMARTS) is 1. The standard InChI is InChI=1S/C13H16N2O3/c1-14(2)12(16)8-15-6-5-9-7-10(13(17)18)3-4-11(9)15/h3-4,7H,5-6,8H2,1-2H3,(H,17,18). The molecule has 1 aromatic rings. The number of carboxylic acids is 1. The Hall–Kier alpha value is -2.04. The monoisotopic (exact) mass is 248 g/mol. The molecule has 5 heteroatoms. The molecule has 18 heavy (non-hydrogen) atoms. The highest BCUT2D eigenvalue weighted by atomic mass is 16.4. The Morgan fingerprint density at radius 2 is 2.11 bits per heavy atom. The number of anilines is 1. The Balaban J connectivity index is 2.19. The van der Waals surface area contributed by atoms with Gasteiger partial charge in [0.25, 0.3) is 0 Å². The van der Waals surface area contributed by atoms with Gasteiger partial charge in [-0.1, -0.05) is 0 Å². The molecule has 0 unspecified atom stereocenters. The Bertz CT molecular complexity index is 497. The summed E-state index contributed by atoms with van der Waals surface area (Å²) in [6.45, 7) is 1.10. The molecule has 1 aliphatic heterocycles. The second-order valence-corrected chi connectivity index (χ2v) is 4.61. The van der Waals surface area contributed by atoms with Crippen LogP contribution in [-0.2, 0) is 11.2 Å². The van der Waals surface area contributed by atoms with Crippen LogP contribution in [0.1, 0.15) is 15.9 Å². The molecule has 1 heterocycles. The summed E-state index contributed by atoms with van der Waals surface area (Å²) < 4.78 is 0. The highest BCUT2D eigenvalue weighted by molar-refractivity contribution is 5.89. The van der Waals surface area contributed by atoms with Gasteiger partial charge in [-0.25, -0.2) is 4.79 Å². The number of benzene rings is 1. The highest BCUT2D eigenvalue weighted by Crippen LogP contribution is 2.28. The van der Waals surface area contributed by atoms with Gasteiger partial charge < -0.3 is 14.9 Å². The van der Waals surface area contributed by atoms with Crippen LogP contribution in [0.4, 0.5) is 5.69 Å². The van der Waals surface area contributed by atoms with Crippen molar-refractivity contribution in [2.45, 2.75) is 6.42 Å². The minimum atomic E-state index is -0.916. The van der Waals surface area contributed by atoms with Crippen LogP contribution in [0.3, 0.4) is 0 Å². The summed E-state index contributed by atoms with van der Waals surface area (Å²) in [6.07, 6.45) is 0.789. The van der Waals surface area contributed by atoms with E-state index in [1.54, 1.807) is 37.2 Å². The number of carbonyl (C=O) groups is 2. The lowest BCUT2D eigenvalue weighted by atomic mass is 10.1. The smallest absolute Gasteiger partial charge is 0.335 e. The summed E-state index contributed by atoms with van der Waals surface area (Å²) in [4.78, 5) is 26.1. The van der Waals surface area contributed by atoms with E-state index in [1.165, 1.54) is 0 Å². The van der Waals surface area contributed by atoms with Crippen molar-refractivity contribution in [3.05, 3.63) is 29.3 Å². The predicted molar refractivity (Wildman–Crippen MR) is 68.0 cm³/mol. The lowest BCUT2D eigenvalue weighted by Crippen LogP contribution is -2.35. The molecule has 0 spiro atoms. The topological polar surface area (TPSA) is 60.9 Å². The molecule has 0 aliphatic carbocycles. The molecule has 0 radical (unpaired) electrons. The summed E-state index contributed by atoms with van der Waals surface area (Å²) in [5.41, 5.74) is 2.27. The van der Waals surface area contributed by atoms with E-state index < -0.39 is 5.97 Å². The van der Waals surface area contributed by atoms with Crippen LogP contribution >= 0.6 is 0 Å². The Kier molecular flexibility index (Phi) is 3.23. The lowest BCUT2D eigenvalue weighted by molar-refractivity contribution is -0.127. The van der Waals surface area contributed by atoms with Crippen LogP contribution in [0, 0.1) is 0 Å². The fourth-order valence-corrected chi connectivity index (χ4v) is 2.07. The average molecular weight is 248 g/mol. The second-order valence-electron chi connectivity index (χ2n) is 4.61. The molecule has 0 aromatic heterocycles. The van der Waals surface area contributed by atoms with E-state index in [0.717, 1.165) is 24.2 Å². The SMILES string of the molecule is CN(C)C(=O)CN1CCc2cc(C(=O)O)ccc21. The van der Waals surface area contributed by atoms with Gasteiger partial charge >= 0.3 is 5.97 Å². The van der Waals surface area contributed by atoms with E-state index in [9.17, 15) is 9.59 Å². The van der Waals surface area contributed by atoms with Crippen molar-refractivity contribution in [1.82, 2.24) is 4.90 Å². The van der Waals surface area contributed by atoms with Gasteiger partial charge in [0.15, 0.2) is 0 Å². The van der Waals surface area contributed by atoms with E-state index >= 15 is 0 Å². The third-order valence-corrected chi connectivity index (χ3v) is 3.14. The molecule has 2 rings (SSSR count).